The lowest BCUT2D eigenvalue weighted by atomic mass is 10.3. The molecule has 0 spiro atoms. The summed E-state index contributed by atoms with van der Waals surface area (Å²) in [6.07, 6.45) is 0. The van der Waals surface area contributed by atoms with Crippen molar-refractivity contribution in [1.29, 1.82) is 0 Å². The second-order valence-electron chi connectivity index (χ2n) is 1.96. The van der Waals surface area contributed by atoms with Gasteiger partial charge in [0.15, 0.2) is 5.75 Å². The molecule has 0 amide bonds. The molecule has 0 aliphatic carbocycles. The number of nitrogens with one attached hydrogen (secondary N) is 1. The summed E-state index contributed by atoms with van der Waals surface area (Å²) in [5, 5.41) is 2.90. The summed E-state index contributed by atoms with van der Waals surface area (Å²) in [5.41, 5.74) is 0.805. The molecule has 11 heavy (non-hydrogen) atoms. The minimum atomic E-state index is 0.413. The second kappa shape index (κ2) is 3.61. The van der Waals surface area contributed by atoms with Crippen LogP contribution in [0.15, 0.2) is 24.3 Å². The van der Waals surface area contributed by atoms with Gasteiger partial charge in [-0.1, -0.05) is 12.1 Å². The third-order valence-corrected chi connectivity index (χ3v) is 1.33. The van der Waals surface area contributed by atoms with Crippen LogP contribution in [0, 0.1) is 0 Å². The Balaban J connectivity index is 2.92. The number of hydrogen-bond acceptors (Lipinski definition) is 3. The average Bonchev–Trinajstić information content (AvgIpc) is 2.06. The molecule has 1 N–H and O–H groups in total. The fourth-order valence-electron chi connectivity index (χ4n) is 0.828. The highest BCUT2D eigenvalue weighted by Gasteiger charge is 1.97. The molecule has 0 saturated heterocycles. The van der Waals surface area contributed by atoms with Crippen molar-refractivity contribution in [2.24, 2.45) is 0 Å². The maximum atomic E-state index is 9.99. The standard InChI is InChI=1S/C8H9NO2/c1-9-7-4-2-3-5-8(7)11-6-10/h2-6,9H,1H3. The van der Waals surface area contributed by atoms with Gasteiger partial charge in [-0.05, 0) is 12.1 Å². The summed E-state index contributed by atoms with van der Waals surface area (Å²) in [5.74, 6) is 0.546. The summed E-state index contributed by atoms with van der Waals surface area (Å²) in [6, 6.07) is 7.22. The number of hydrogen-bond donors (Lipinski definition) is 1. The van der Waals surface area contributed by atoms with Crippen LogP contribution in [-0.4, -0.2) is 13.5 Å². The molecule has 0 saturated carbocycles. The van der Waals surface area contributed by atoms with Gasteiger partial charge in [0.25, 0.3) is 6.47 Å². The van der Waals surface area contributed by atoms with E-state index in [9.17, 15) is 4.79 Å². The molecule has 0 radical (unpaired) electrons. The first-order valence-corrected chi connectivity index (χ1v) is 3.25. The predicted molar refractivity (Wildman–Crippen MR) is 42.7 cm³/mol. The van der Waals surface area contributed by atoms with E-state index >= 15 is 0 Å². The summed E-state index contributed by atoms with van der Waals surface area (Å²) >= 11 is 0. The van der Waals surface area contributed by atoms with E-state index in [1.807, 2.05) is 12.1 Å². The largest absolute Gasteiger partial charge is 0.427 e. The Morgan fingerprint density at radius 1 is 1.45 bits per heavy atom. The lowest BCUT2D eigenvalue weighted by Gasteiger charge is -2.04. The minimum Gasteiger partial charge on any atom is -0.427 e. The molecular formula is C8H9NO2. The molecule has 0 heterocycles. The van der Waals surface area contributed by atoms with Gasteiger partial charge in [0, 0.05) is 7.05 Å². The van der Waals surface area contributed by atoms with E-state index in [2.05, 4.69) is 10.1 Å². The molecular weight excluding hydrogens is 142 g/mol. The molecule has 58 valence electrons. The molecule has 0 aliphatic rings. The number of carbonyl (C=O) groups is 1. The van der Waals surface area contributed by atoms with Gasteiger partial charge in [0.1, 0.15) is 0 Å². The minimum absolute atomic E-state index is 0.413. The van der Waals surface area contributed by atoms with Crippen LogP contribution in [0.3, 0.4) is 0 Å². The zero-order valence-electron chi connectivity index (χ0n) is 6.20. The maximum absolute atomic E-state index is 9.99. The van der Waals surface area contributed by atoms with E-state index in [1.54, 1.807) is 19.2 Å². The van der Waals surface area contributed by atoms with E-state index in [1.165, 1.54) is 0 Å². The fourth-order valence-corrected chi connectivity index (χ4v) is 0.828. The number of anilines is 1. The quantitative estimate of drug-likeness (QED) is 0.661. The lowest BCUT2D eigenvalue weighted by Crippen LogP contribution is -1.94. The summed E-state index contributed by atoms with van der Waals surface area (Å²) in [6.45, 7) is 0.413. The summed E-state index contributed by atoms with van der Waals surface area (Å²) in [4.78, 5) is 9.99. The Hall–Kier alpha value is -1.51. The van der Waals surface area contributed by atoms with Crippen LogP contribution in [0.2, 0.25) is 0 Å². The van der Waals surface area contributed by atoms with Gasteiger partial charge >= 0.3 is 0 Å². The first-order chi connectivity index (χ1) is 5.38. The van der Waals surface area contributed by atoms with Crippen LogP contribution in [0.5, 0.6) is 5.75 Å². The third kappa shape index (κ3) is 1.70. The van der Waals surface area contributed by atoms with Crippen molar-refractivity contribution < 1.29 is 9.53 Å². The topological polar surface area (TPSA) is 38.3 Å². The van der Waals surface area contributed by atoms with E-state index in [-0.39, 0.29) is 0 Å². The molecule has 1 aromatic carbocycles. The van der Waals surface area contributed by atoms with Crippen LogP contribution in [0.1, 0.15) is 0 Å². The normalized spacial score (nSPS) is 8.82. The highest BCUT2D eigenvalue weighted by atomic mass is 16.5. The second-order valence-corrected chi connectivity index (χ2v) is 1.96. The number of carbonyl (C=O) groups excluding carboxylic acids is 1. The van der Waals surface area contributed by atoms with Gasteiger partial charge in [-0.25, -0.2) is 0 Å². The first kappa shape index (κ1) is 7.60. The molecule has 0 aliphatic heterocycles. The molecule has 3 nitrogen and oxygen atoms in total. The predicted octanol–water partition coefficient (Wildman–Crippen LogP) is 1.26. The maximum Gasteiger partial charge on any atom is 0.298 e. The SMILES string of the molecule is CNc1ccccc1OC=O. The van der Waals surface area contributed by atoms with Crippen LogP contribution in [-0.2, 0) is 4.79 Å². The summed E-state index contributed by atoms with van der Waals surface area (Å²) < 4.78 is 4.68. The average molecular weight is 151 g/mol. The first-order valence-electron chi connectivity index (χ1n) is 3.25. The van der Waals surface area contributed by atoms with Crippen molar-refractivity contribution in [2.75, 3.05) is 12.4 Å². The zero-order valence-corrected chi connectivity index (χ0v) is 6.20. The molecule has 0 fully saturated rings. The number of ether oxygens (including phenoxy) is 1. The van der Waals surface area contributed by atoms with E-state index < -0.39 is 0 Å². The smallest absolute Gasteiger partial charge is 0.298 e. The van der Waals surface area contributed by atoms with Gasteiger partial charge in [0.2, 0.25) is 0 Å². The molecule has 0 atom stereocenters. The summed E-state index contributed by atoms with van der Waals surface area (Å²) in [7, 11) is 1.77. The number of rotatable bonds is 3. The van der Waals surface area contributed by atoms with Gasteiger partial charge in [-0.2, -0.15) is 0 Å². The Morgan fingerprint density at radius 3 is 2.82 bits per heavy atom. The van der Waals surface area contributed by atoms with Gasteiger partial charge < -0.3 is 10.1 Å². The van der Waals surface area contributed by atoms with Gasteiger partial charge in [-0.15, -0.1) is 0 Å². The monoisotopic (exact) mass is 151 g/mol. The molecule has 1 rings (SSSR count). The highest BCUT2D eigenvalue weighted by Crippen LogP contribution is 2.21. The Kier molecular flexibility index (Phi) is 2.49. The van der Waals surface area contributed by atoms with Crippen molar-refractivity contribution in [2.45, 2.75) is 0 Å². The van der Waals surface area contributed by atoms with E-state index in [0.29, 0.717) is 12.2 Å². The van der Waals surface area contributed by atoms with Crippen molar-refractivity contribution >= 4 is 12.2 Å². The van der Waals surface area contributed by atoms with E-state index in [0.717, 1.165) is 5.69 Å². The molecule has 0 aromatic heterocycles. The number of para-hydroxylation sites is 2. The molecule has 0 bridgehead atoms. The third-order valence-electron chi connectivity index (χ3n) is 1.33. The Morgan fingerprint density at radius 2 is 2.18 bits per heavy atom. The van der Waals surface area contributed by atoms with Crippen molar-refractivity contribution in [3.05, 3.63) is 24.3 Å². The highest BCUT2D eigenvalue weighted by molar-refractivity contribution is 5.60. The number of benzene rings is 1. The van der Waals surface area contributed by atoms with Crippen LogP contribution in [0.4, 0.5) is 5.69 Å². The Labute approximate surface area is 65.0 Å². The molecule has 3 heteroatoms. The lowest BCUT2D eigenvalue weighted by molar-refractivity contribution is -0.120. The van der Waals surface area contributed by atoms with Crippen LogP contribution >= 0.6 is 0 Å². The van der Waals surface area contributed by atoms with Gasteiger partial charge in [-0.3, -0.25) is 4.79 Å². The van der Waals surface area contributed by atoms with E-state index in [4.69, 9.17) is 0 Å². The Bertz CT molecular complexity index is 248. The van der Waals surface area contributed by atoms with Crippen LogP contribution < -0.4 is 10.1 Å². The molecule has 0 unspecified atom stereocenters. The van der Waals surface area contributed by atoms with Crippen molar-refractivity contribution in [3.63, 3.8) is 0 Å². The fraction of sp³-hybridized carbons (Fsp3) is 0.125. The van der Waals surface area contributed by atoms with Crippen LogP contribution in [0.25, 0.3) is 0 Å². The van der Waals surface area contributed by atoms with Gasteiger partial charge in [0.05, 0.1) is 5.69 Å². The molecule has 1 aromatic rings. The zero-order chi connectivity index (χ0) is 8.10. The van der Waals surface area contributed by atoms with Crippen molar-refractivity contribution in [3.8, 4) is 5.75 Å². The van der Waals surface area contributed by atoms with Crippen molar-refractivity contribution in [1.82, 2.24) is 0 Å².